The van der Waals surface area contributed by atoms with Gasteiger partial charge in [0.05, 0.1) is 5.52 Å². The summed E-state index contributed by atoms with van der Waals surface area (Å²) in [5, 5.41) is 13.3. The average Bonchev–Trinajstić information content (AvgIpc) is 2.79. The van der Waals surface area contributed by atoms with E-state index in [0.29, 0.717) is 28.9 Å². The minimum atomic E-state index is -1.11. The van der Waals surface area contributed by atoms with Crippen LogP contribution in [0.2, 0.25) is 0 Å². The number of aryl methyl sites for hydroxylation is 1. The molecule has 0 fully saturated rings. The van der Waals surface area contributed by atoms with E-state index in [4.69, 9.17) is 4.74 Å². The Kier molecular flexibility index (Phi) is 8.54. The third-order valence-electron chi connectivity index (χ3n) is 4.61. The molecule has 170 valence electrons. The molecule has 0 spiro atoms. The van der Waals surface area contributed by atoms with Crippen molar-refractivity contribution in [3.05, 3.63) is 64.4 Å². The fraction of sp³-hybridized carbons (Fsp3) is 0.292. The molecule has 3 aromatic rings. The predicted molar refractivity (Wildman–Crippen MR) is 126 cm³/mol. The number of nitrogens with one attached hydrogen (secondary N) is 1. The molecule has 0 atom stereocenters. The van der Waals surface area contributed by atoms with Crippen LogP contribution in [0.5, 0.6) is 11.5 Å². The van der Waals surface area contributed by atoms with E-state index < -0.39 is 28.6 Å². The number of likely N-dealkylation sites (N-methyl/N-ethyl adjacent to an activating group) is 1. The molecule has 0 saturated heterocycles. The standard InChI is InChI=1S/C22H23N3O5.C2H6/c1-24(2)11-12-30-15-8-6-7-14(13-15)23-21(28)20(27)18-19(26)16-9-4-5-10-17(16)25(3)22(18)29;1-2/h4-10,13,26H,11-12H2,1-3H3,(H,23,28);1-2H3. The normalized spacial score (nSPS) is 10.4. The molecule has 0 bridgehead atoms. The van der Waals surface area contributed by atoms with Gasteiger partial charge in [0.1, 0.15) is 23.7 Å². The zero-order chi connectivity index (χ0) is 23.8. The van der Waals surface area contributed by atoms with E-state index in [1.54, 1.807) is 48.5 Å². The van der Waals surface area contributed by atoms with Crippen LogP contribution in [0.25, 0.3) is 10.9 Å². The highest BCUT2D eigenvalue weighted by Gasteiger charge is 2.26. The van der Waals surface area contributed by atoms with Gasteiger partial charge in [0.15, 0.2) is 0 Å². The monoisotopic (exact) mass is 439 g/mol. The first kappa shape index (κ1) is 24.6. The topological polar surface area (TPSA) is 101 Å². The van der Waals surface area contributed by atoms with Crippen molar-refractivity contribution >= 4 is 28.3 Å². The van der Waals surface area contributed by atoms with Crippen LogP contribution in [0.3, 0.4) is 0 Å². The largest absolute Gasteiger partial charge is 0.506 e. The van der Waals surface area contributed by atoms with E-state index >= 15 is 0 Å². The van der Waals surface area contributed by atoms with Crippen molar-refractivity contribution in [3.8, 4) is 11.5 Å². The fourth-order valence-corrected chi connectivity index (χ4v) is 3.00. The number of aromatic hydroxyl groups is 1. The molecule has 2 N–H and O–H groups in total. The van der Waals surface area contributed by atoms with Crippen LogP contribution in [0.15, 0.2) is 53.3 Å². The van der Waals surface area contributed by atoms with Crippen LogP contribution in [-0.4, -0.2) is 53.5 Å². The molecule has 1 heterocycles. The number of hydrogen-bond donors (Lipinski definition) is 2. The third-order valence-corrected chi connectivity index (χ3v) is 4.61. The quantitative estimate of drug-likeness (QED) is 0.434. The second kappa shape index (κ2) is 11.1. The summed E-state index contributed by atoms with van der Waals surface area (Å²) in [5.41, 5.74) is -0.508. The molecule has 0 aliphatic rings. The molecule has 8 nitrogen and oxygen atoms in total. The SMILES string of the molecule is CC.CN(C)CCOc1cccc(NC(=O)C(=O)c2c(O)c3ccccc3n(C)c2=O)c1. The molecule has 1 amide bonds. The summed E-state index contributed by atoms with van der Waals surface area (Å²) < 4.78 is 6.85. The van der Waals surface area contributed by atoms with Crippen LogP contribution < -0.4 is 15.6 Å². The van der Waals surface area contributed by atoms with Crippen molar-refractivity contribution in [1.82, 2.24) is 9.47 Å². The number of anilines is 1. The van der Waals surface area contributed by atoms with E-state index in [0.717, 1.165) is 6.54 Å². The van der Waals surface area contributed by atoms with Gasteiger partial charge in [0.2, 0.25) is 0 Å². The van der Waals surface area contributed by atoms with Crippen molar-refractivity contribution in [1.29, 1.82) is 0 Å². The number of fused-ring (bicyclic) bond motifs is 1. The molecule has 0 radical (unpaired) electrons. The number of benzene rings is 2. The van der Waals surface area contributed by atoms with Gasteiger partial charge in [0.25, 0.3) is 17.2 Å². The number of pyridine rings is 1. The minimum Gasteiger partial charge on any atom is -0.506 e. The molecule has 0 aliphatic carbocycles. The molecule has 0 aliphatic heterocycles. The predicted octanol–water partition coefficient (Wildman–Crippen LogP) is 3.03. The maximum atomic E-state index is 12.7. The van der Waals surface area contributed by atoms with Crippen LogP contribution in [0.1, 0.15) is 24.2 Å². The number of carbonyl (C=O) groups excluding carboxylic acids is 2. The minimum absolute atomic E-state index is 0.312. The molecular formula is C24H29N3O5. The van der Waals surface area contributed by atoms with Crippen LogP contribution in [0.4, 0.5) is 5.69 Å². The number of nitrogens with zero attached hydrogens (tertiary/aromatic N) is 2. The number of ether oxygens (including phenoxy) is 1. The van der Waals surface area contributed by atoms with Crippen LogP contribution in [0, 0.1) is 0 Å². The highest BCUT2D eigenvalue weighted by molar-refractivity contribution is 6.47. The summed E-state index contributed by atoms with van der Waals surface area (Å²) in [6.07, 6.45) is 0. The second-order valence-corrected chi connectivity index (χ2v) is 7.07. The van der Waals surface area contributed by atoms with E-state index in [1.165, 1.54) is 11.6 Å². The lowest BCUT2D eigenvalue weighted by Gasteiger charge is -2.13. The summed E-state index contributed by atoms with van der Waals surface area (Å²) in [6.45, 7) is 5.18. The lowest BCUT2D eigenvalue weighted by molar-refractivity contribution is -0.112. The number of hydrogen-bond acceptors (Lipinski definition) is 6. The second-order valence-electron chi connectivity index (χ2n) is 7.07. The van der Waals surface area contributed by atoms with Gasteiger partial charge in [-0.25, -0.2) is 0 Å². The number of carbonyl (C=O) groups is 2. The van der Waals surface area contributed by atoms with Crippen molar-refractivity contribution in [2.75, 3.05) is 32.6 Å². The fourth-order valence-electron chi connectivity index (χ4n) is 3.00. The Bertz CT molecular complexity index is 1170. The highest BCUT2D eigenvalue weighted by atomic mass is 16.5. The molecule has 3 rings (SSSR count). The first-order valence-corrected chi connectivity index (χ1v) is 10.3. The Balaban J connectivity index is 0.00000176. The van der Waals surface area contributed by atoms with Crippen LogP contribution >= 0.6 is 0 Å². The molecule has 8 heteroatoms. The molecular weight excluding hydrogens is 410 g/mol. The van der Waals surface area contributed by atoms with E-state index in [-0.39, 0.29) is 0 Å². The smallest absolute Gasteiger partial charge is 0.297 e. The number of Topliss-reactive ketones (excluding diaryl/α,β-unsaturated/α-hetero) is 1. The Morgan fingerprint density at radius 1 is 1.09 bits per heavy atom. The van der Waals surface area contributed by atoms with Crippen molar-refractivity contribution in [2.24, 2.45) is 7.05 Å². The first-order valence-electron chi connectivity index (χ1n) is 10.3. The zero-order valence-electron chi connectivity index (χ0n) is 19.0. The van der Waals surface area contributed by atoms with E-state index in [1.807, 2.05) is 32.8 Å². The maximum Gasteiger partial charge on any atom is 0.297 e. The maximum absolute atomic E-state index is 12.7. The first-order chi connectivity index (χ1) is 15.3. The third kappa shape index (κ3) is 5.53. The van der Waals surface area contributed by atoms with E-state index in [2.05, 4.69) is 5.32 Å². The number of rotatable bonds is 7. The number of amides is 1. The summed E-state index contributed by atoms with van der Waals surface area (Å²) in [5.74, 6) is -2.11. The lowest BCUT2D eigenvalue weighted by atomic mass is 10.1. The number of aromatic nitrogens is 1. The lowest BCUT2D eigenvalue weighted by Crippen LogP contribution is -2.31. The summed E-state index contributed by atoms with van der Waals surface area (Å²) in [7, 11) is 5.34. The Hall–Kier alpha value is -3.65. The van der Waals surface area contributed by atoms with Gasteiger partial charge in [-0.05, 0) is 38.4 Å². The van der Waals surface area contributed by atoms with Gasteiger partial charge in [-0.3, -0.25) is 14.4 Å². The van der Waals surface area contributed by atoms with Crippen molar-refractivity contribution in [3.63, 3.8) is 0 Å². The molecule has 1 aromatic heterocycles. The van der Waals surface area contributed by atoms with Gasteiger partial charge < -0.3 is 24.6 Å². The molecule has 0 saturated carbocycles. The van der Waals surface area contributed by atoms with Gasteiger partial charge in [-0.2, -0.15) is 0 Å². The Morgan fingerprint density at radius 3 is 2.47 bits per heavy atom. The molecule has 2 aromatic carbocycles. The Morgan fingerprint density at radius 2 is 1.78 bits per heavy atom. The summed E-state index contributed by atoms with van der Waals surface area (Å²) >= 11 is 0. The van der Waals surface area contributed by atoms with Gasteiger partial charge in [0, 0.05) is 30.7 Å². The van der Waals surface area contributed by atoms with Gasteiger partial charge in [-0.15, -0.1) is 0 Å². The average molecular weight is 440 g/mol. The Labute approximate surface area is 187 Å². The van der Waals surface area contributed by atoms with Crippen LogP contribution in [-0.2, 0) is 11.8 Å². The van der Waals surface area contributed by atoms with Gasteiger partial charge in [-0.1, -0.05) is 32.0 Å². The summed E-state index contributed by atoms with van der Waals surface area (Å²) in [6, 6.07) is 13.2. The van der Waals surface area contributed by atoms with Crippen molar-refractivity contribution < 1.29 is 19.4 Å². The van der Waals surface area contributed by atoms with Crippen molar-refractivity contribution in [2.45, 2.75) is 13.8 Å². The number of ketones is 1. The molecule has 0 unspecified atom stereocenters. The highest BCUT2D eigenvalue weighted by Crippen LogP contribution is 2.26. The van der Waals surface area contributed by atoms with E-state index in [9.17, 15) is 19.5 Å². The van der Waals surface area contributed by atoms with Gasteiger partial charge >= 0.3 is 0 Å². The number of para-hydroxylation sites is 1. The summed E-state index contributed by atoms with van der Waals surface area (Å²) in [4.78, 5) is 39.8. The molecule has 32 heavy (non-hydrogen) atoms. The zero-order valence-corrected chi connectivity index (χ0v) is 19.0.